The summed E-state index contributed by atoms with van der Waals surface area (Å²) in [6.07, 6.45) is 1.13. The van der Waals surface area contributed by atoms with Gasteiger partial charge in [-0.15, -0.1) is 0 Å². The fraction of sp³-hybridized carbons (Fsp3) is 0.429. The van der Waals surface area contributed by atoms with E-state index in [-0.39, 0.29) is 6.61 Å². The zero-order valence-electron chi connectivity index (χ0n) is 11.5. The molecule has 0 radical (unpaired) electrons. The number of rotatable bonds is 6. The van der Waals surface area contributed by atoms with Crippen molar-refractivity contribution < 1.29 is 14.4 Å². The van der Waals surface area contributed by atoms with Gasteiger partial charge in [-0.25, -0.2) is 0 Å². The molecule has 2 aromatic rings. The van der Waals surface area contributed by atoms with Gasteiger partial charge in [-0.3, -0.25) is 0 Å². The molecule has 0 amide bonds. The Morgan fingerprint density at radius 1 is 1.45 bits per heavy atom. The van der Waals surface area contributed by atoms with Gasteiger partial charge in [-0.2, -0.15) is 4.98 Å². The lowest BCUT2D eigenvalue weighted by Crippen LogP contribution is -2.02. The Morgan fingerprint density at radius 3 is 2.95 bits per heavy atom. The molecule has 0 aliphatic heterocycles. The van der Waals surface area contributed by atoms with Gasteiger partial charge >= 0.3 is 0 Å². The van der Waals surface area contributed by atoms with E-state index in [1.165, 1.54) is 0 Å². The van der Waals surface area contributed by atoms with E-state index >= 15 is 0 Å². The van der Waals surface area contributed by atoms with Gasteiger partial charge < -0.3 is 14.4 Å². The Balaban J connectivity index is 2.07. The van der Waals surface area contributed by atoms with Crippen molar-refractivity contribution in [2.24, 2.45) is 0 Å². The third-order valence-electron chi connectivity index (χ3n) is 2.76. The first-order valence-electron chi connectivity index (χ1n) is 6.52. The van der Waals surface area contributed by atoms with Gasteiger partial charge in [-0.1, -0.05) is 34.1 Å². The molecule has 0 unspecified atom stereocenters. The lowest BCUT2D eigenvalue weighted by atomic mass is 10.1. The van der Waals surface area contributed by atoms with Gasteiger partial charge in [-0.05, 0) is 25.5 Å². The molecule has 0 spiro atoms. The summed E-state index contributed by atoms with van der Waals surface area (Å²) in [6.45, 7) is 3.96. The second-order valence-corrected chi connectivity index (χ2v) is 5.42. The van der Waals surface area contributed by atoms with Gasteiger partial charge in [0, 0.05) is 16.5 Å². The standard InChI is InChI=1S/C14H17BrN2O3/c1-3-4-14-16-13(17-20-14)8-19-12-7-10(15)5-6-11(12)9(2)18/h5-7,9,18H,3-4,8H2,1-2H3/t9-/m1/s1. The number of aromatic nitrogens is 2. The number of hydrogen-bond acceptors (Lipinski definition) is 5. The SMILES string of the molecule is CCCc1nc(COc2cc(Br)ccc2[C@@H](C)O)no1. The van der Waals surface area contributed by atoms with Gasteiger partial charge in [0.15, 0.2) is 6.61 Å². The van der Waals surface area contributed by atoms with Crippen molar-refractivity contribution in [3.05, 3.63) is 40.0 Å². The lowest BCUT2D eigenvalue weighted by Gasteiger charge is -2.12. The van der Waals surface area contributed by atoms with E-state index in [1.807, 2.05) is 18.2 Å². The van der Waals surface area contributed by atoms with E-state index in [0.717, 1.165) is 22.9 Å². The van der Waals surface area contributed by atoms with Crippen molar-refractivity contribution >= 4 is 15.9 Å². The summed E-state index contributed by atoms with van der Waals surface area (Å²) in [5, 5.41) is 13.6. The molecule has 5 nitrogen and oxygen atoms in total. The summed E-state index contributed by atoms with van der Waals surface area (Å²) in [7, 11) is 0. The average Bonchev–Trinajstić information content (AvgIpc) is 2.84. The van der Waals surface area contributed by atoms with Crippen molar-refractivity contribution in [1.29, 1.82) is 0 Å². The van der Waals surface area contributed by atoms with Crippen LogP contribution >= 0.6 is 15.9 Å². The highest BCUT2D eigenvalue weighted by molar-refractivity contribution is 9.10. The van der Waals surface area contributed by atoms with Gasteiger partial charge in [0.2, 0.25) is 11.7 Å². The molecule has 2 rings (SSSR count). The third kappa shape index (κ3) is 3.80. The molecule has 1 aromatic carbocycles. The molecule has 1 atom stereocenters. The molecule has 20 heavy (non-hydrogen) atoms. The normalized spacial score (nSPS) is 12.4. The number of aliphatic hydroxyl groups excluding tert-OH is 1. The molecular weight excluding hydrogens is 324 g/mol. The first-order chi connectivity index (χ1) is 9.60. The number of hydrogen-bond donors (Lipinski definition) is 1. The molecule has 0 saturated carbocycles. The predicted octanol–water partition coefficient (Wildman–Crippen LogP) is 3.42. The van der Waals surface area contributed by atoms with Crippen LogP contribution in [0.25, 0.3) is 0 Å². The molecule has 0 saturated heterocycles. The Bertz CT molecular complexity index is 569. The monoisotopic (exact) mass is 340 g/mol. The first kappa shape index (κ1) is 15.0. The number of aliphatic hydroxyl groups is 1. The zero-order chi connectivity index (χ0) is 14.5. The van der Waals surface area contributed by atoms with Gasteiger partial charge in [0.1, 0.15) is 5.75 Å². The van der Waals surface area contributed by atoms with Crippen molar-refractivity contribution in [1.82, 2.24) is 10.1 Å². The summed E-state index contributed by atoms with van der Waals surface area (Å²) in [6, 6.07) is 5.50. The van der Waals surface area contributed by atoms with Crippen LogP contribution in [0.5, 0.6) is 5.75 Å². The average molecular weight is 341 g/mol. The molecule has 0 aliphatic rings. The minimum Gasteiger partial charge on any atom is -0.485 e. The molecule has 0 bridgehead atoms. The van der Waals surface area contributed by atoms with Crippen LogP contribution in [0.3, 0.4) is 0 Å². The second kappa shape index (κ2) is 6.85. The topological polar surface area (TPSA) is 68.4 Å². The molecule has 1 aromatic heterocycles. The molecule has 1 heterocycles. The fourth-order valence-corrected chi connectivity index (χ4v) is 2.12. The van der Waals surface area contributed by atoms with Crippen LogP contribution < -0.4 is 4.74 Å². The molecule has 1 N–H and O–H groups in total. The smallest absolute Gasteiger partial charge is 0.226 e. The Morgan fingerprint density at radius 2 is 2.25 bits per heavy atom. The van der Waals surface area contributed by atoms with E-state index < -0.39 is 6.10 Å². The maximum absolute atomic E-state index is 9.72. The molecule has 108 valence electrons. The van der Waals surface area contributed by atoms with Crippen LogP contribution in [0.4, 0.5) is 0 Å². The van der Waals surface area contributed by atoms with Crippen LogP contribution in [0.15, 0.2) is 27.2 Å². The van der Waals surface area contributed by atoms with E-state index in [1.54, 1.807) is 6.92 Å². The number of halogens is 1. The summed E-state index contributed by atoms with van der Waals surface area (Å²) in [4.78, 5) is 4.24. The minimum absolute atomic E-state index is 0.212. The summed E-state index contributed by atoms with van der Waals surface area (Å²) < 4.78 is 11.7. The van der Waals surface area contributed by atoms with Crippen LogP contribution in [0.1, 0.15) is 43.7 Å². The zero-order valence-corrected chi connectivity index (χ0v) is 13.1. The predicted molar refractivity (Wildman–Crippen MR) is 77.4 cm³/mol. The number of benzene rings is 1. The highest BCUT2D eigenvalue weighted by atomic mass is 79.9. The van der Waals surface area contributed by atoms with Crippen molar-refractivity contribution in [2.45, 2.75) is 39.4 Å². The van der Waals surface area contributed by atoms with Crippen molar-refractivity contribution in [2.75, 3.05) is 0 Å². The van der Waals surface area contributed by atoms with E-state index in [9.17, 15) is 5.11 Å². The van der Waals surface area contributed by atoms with E-state index in [0.29, 0.717) is 17.5 Å². The molecule has 0 aliphatic carbocycles. The summed E-state index contributed by atoms with van der Waals surface area (Å²) in [5.74, 6) is 1.73. The van der Waals surface area contributed by atoms with E-state index in [4.69, 9.17) is 9.26 Å². The summed E-state index contributed by atoms with van der Waals surface area (Å²) in [5.41, 5.74) is 0.727. The Kier molecular flexibility index (Phi) is 5.14. The van der Waals surface area contributed by atoms with E-state index in [2.05, 4.69) is 33.0 Å². The van der Waals surface area contributed by atoms with Crippen molar-refractivity contribution in [3.63, 3.8) is 0 Å². The maximum atomic E-state index is 9.72. The molecule has 6 heteroatoms. The van der Waals surface area contributed by atoms with Crippen molar-refractivity contribution in [3.8, 4) is 5.75 Å². The number of nitrogens with zero attached hydrogens (tertiary/aromatic N) is 2. The van der Waals surface area contributed by atoms with Crippen LogP contribution in [0, 0.1) is 0 Å². The molecule has 0 fully saturated rings. The first-order valence-corrected chi connectivity index (χ1v) is 7.31. The quantitative estimate of drug-likeness (QED) is 0.872. The van der Waals surface area contributed by atoms with Gasteiger partial charge in [0.05, 0.1) is 6.10 Å². The van der Waals surface area contributed by atoms with Gasteiger partial charge in [0.25, 0.3) is 0 Å². The Labute approximate surface area is 126 Å². The third-order valence-corrected chi connectivity index (χ3v) is 3.25. The molecular formula is C14H17BrN2O3. The van der Waals surface area contributed by atoms with Crippen LogP contribution in [0.2, 0.25) is 0 Å². The number of ether oxygens (including phenoxy) is 1. The minimum atomic E-state index is -0.598. The largest absolute Gasteiger partial charge is 0.485 e. The summed E-state index contributed by atoms with van der Waals surface area (Å²) >= 11 is 3.38. The second-order valence-electron chi connectivity index (χ2n) is 4.50. The highest BCUT2D eigenvalue weighted by Crippen LogP contribution is 2.29. The number of aryl methyl sites for hydroxylation is 1. The Hall–Kier alpha value is -1.40. The maximum Gasteiger partial charge on any atom is 0.226 e. The van der Waals surface area contributed by atoms with Crippen LogP contribution in [-0.2, 0) is 13.0 Å². The van der Waals surface area contributed by atoms with Crippen LogP contribution in [-0.4, -0.2) is 15.2 Å². The highest BCUT2D eigenvalue weighted by Gasteiger charge is 2.12. The fourth-order valence-electron chi connectivity index (χ4n) is 1.78. The lowest BCUT2D eigenvalue weighted by molar-refractivity contribution is 0.189.